The van der Waals surface area contributed by atoms with E-state index in [4.69, 9.17) is 16.3 Å². The van der Waals surface area contributed by atoms with Gasteiger partial charge in [-0.3, -0.25) is 0 Å². The van der Waals surface area contributed by atoms with Gasteiger partial charge in [-0.05, 0) is 50.3 Å². The van der Waals surface area contributed by atoms with Crippen LogP contribution in [0.1, 0.15) is 57.1 Å². The maximum Gasteiger partial charge on any atom is 0.0708 e. The number of hydrogen-bond acceptors (Lipinski definition) is 2. The van der Waals surface area contributed by atoms with Crippen LogP contribution in [0, 0.1) is 0 Å². The van der Waals surface area contributed by atoms with Gasteiger partial charge in [0.2, 0.25) is 0 Å². The second kappa shape index (κ2) is 6.05. The van der Waals surface area contributed by atoms with Gasteiger partial charge in [-0.25, -0.2) is 0 Å². The minimum Gasteiger partial charge on any atom is -0.370 e. The Hall–Kier alpha value is -0.570. The molecule has 0 bridgehead atoms. The average molecular weight is 294 g/mol. The molecule has 110 valence electrons. The molecule has 1 heterocycles. The zero-order valence-corrected chi connectivity index (χ0v) is 13.0. The molecule has 2 fully saturated rings. The molecule has 1 aliphatic carbocycles. The molecule has 1 saturated heterocycles. The molecular weight excluding hydrogens is 270 g/mol. The van der Waals surface area contributed by atoms with Crippen molar-refractivity contribution in [1.82, 2.24) is 5.32 Å². The van der Waals surface area contributed by atoms with Gasteiger partial charge >= 0.3 is 0 Å². The fourth-order valence-electron chi connectivity index (χ4n) is 3.63. The van der Waals surface area contributed by atoms with Crippen LogP contribution in [0.15, 0.2) is 24.3 Å². The van der Waals surface area contributed by atoms with Gasteiger partial charge in [0, 0.05) is 17.6 Å². The fraction of sp³-hybridized carbons (Fsp3) is 0.647. The van der Waals surface area contributed by atoms with Gasteiger partial charge < -0.3 is 10.1 Å². The second-order valence-corrected chi connectivity index (χ2v) is 6.79. The number of halogens is 1. The molecule has 2 aliphatic rings. The van der Waals surface area contributed by atoms with Crippen molar-refractivity contribution in [3.05, 3.63) is 34.9 Å². The van der Waals surface area contributed by atoms with Crippen LogP contribution in [-0.4, -0.2) is 18.2 Å². The molecule has 2 atom stereocenters. The van der Waals surface area contributed by atoms with E-state index in [9.17, 15) is 0 Å². The number of rotatable bonds is 4. The van der Waals surface area contributed by atoms with Crippen molar-refractivity contribution in [2.24, 2.45) is 0 Å². The van der Waals surface area contributed by atoms with E-state index in [0.717, 1.165) is 11.6 Å². The summed E-state index contributed by atoms with van der Waals surface area (Å²) in [6.45, 7) is 3.13. The molecule has 3 heteroatoms. The normalized spacial score (nSPS) is 26.2. The minimum atomic E-state index is 0.242. The van der Waals surface area contributed by atoms with Crippen molar-refractivity contribution in [3.8, 4) is 0 Å². The molecule has 1 aliphatic heterocycles. The molecule has 1 aromatic rings. The predicted molar refractivity (Wildman–Crippen MR) is 83.2 cm³/mol. The van der Waals surface area contributed by atoms with E-state index < -0.39 is 0 Å². The monoisotopic (exact) mass is 293 g/mol. The Kier molecular flexibility index (Phi) is 4.34. The summed E-state index contributed by atoms with van der Waals surface area (Å²) in [7, 11) is 0. The Morgan fingerprint density at radius 3 is 2.90 bits per heavy atom. The van der Waals surface area contributed by atoms with Gasteiger partial charge in [-0.15, -0.1) is 0 Å². The Balaban J connectivity index is 1.50. The summed E-state index contributed by atoms with van der Waals surface area (Å²) >= 11 is 6.05. The standard InChI is InChI=1S/C17H24ClNO/c1-13(14-5-4-6-15(18)11-14)19-12-16-7-10-17(20-16)8-2-3-9-17/h4-6,11,13,16,19H,2-3,7-10,12H2,1H3. The van der Waals surface area contributed by atoms with Crippen LogP contribution >= 0.6 is 11.6 Å². The van der Waals surface area contributed by atoms with Gasteiger partial charge in [0.25, 0.3) is 0 Å². The third-order valence-corrected chi connectivity index (χ3v) is 5.09. The maximum absolute atomic E-state index is 6.33. The first-order valence-corrected chi connectivity index (χ1v) is 8.21. The smallest absolute Gasteiger partial charge is 0.0708 e. The van der Waals surface area contributed by atoms with Gasteiger partial charge in [0.15, 0.2) is 0 Å². The Labute approximate surface area is 126 Å². The van der Waals surface area contributed by atoms with Gasteiger partial charge in [-0.1, -0.05) is 36.6 Å². The molecule has 1 aromatic carbocycles. The first-order chi connectivity index (χ1) is 9.67. The lowest BCUT2D eigenvalue weighted by molar-refractivity contribution is -0.0357. The zero-order chi connectivity index (χ0) is 14.0. The van der Waals surface area contributed by atoms with Crippen LogP contribution < -0.4 is 5.32 Å². The number of hydrogen-bond donors (Lipinski definition) is 1. The molecule has 0 aromatic heterocycles. The summed E-state index contributed by atoms with van der Waals surface area (Å²) in [5.74, 6) is 0. The summed E-state index contributed by atoms with van der Waals surface area (Å²) in [6.07, 6.45) is 8.08. The summed E-state index contributed by atoms with van der Waals surface area (Å²) in [5.41, 5.74) is 1.48. The lowest BCUT2D eigenvalue weighted by atomic mass is 9.98. The first kappa shape index (κ1) is 14.4. The average Bonchev–Trinajstić information content (AvgIpc) is 3.07. The topological polar surface area (TPSA) is 21.3 Å². The third-order valence-electron chi connectivity index (χ3n) is 4.85. The van der Waals surface area contributed by atoms with E-state index in [0.29, 0.717) is 12.1 Å². The minimum absolute atomic E-state index is 0.242. The predicted octanol–water partition coefficient (Wildman–Crippen LogP) is 4.48. The molecule has 3 rings (SSSR count). The molecule has 2 unspecified atom stereocenters. The Morgan fingerprint density at radius 1 is 1.35 bits per heavy atom. The quantitative estimate of drug-likeness (QED) is 0.883. The van der Waals surface area contributed by atoms with E-state index in [1.54, 1.807) is 0 Å². The van der Waals surface area contributed by atoms with Crippen LogP contribution in [-0.2, 0) is 4.74 Å². The van der Waals surface area contributed by atoms with Gasteiger partial charge in [0.1, 0.15) is 0 Å². The third kappa shape index (κ3) is 3.19. The molecule has 0 radical (unpaired) electrons. The number of nitrogens with one attached hydrogen (secondary N) is 1. The maximum atomic E-state index is 6.33. The van der Waals surface area contributed by atoms with Crippen molar-refractivity contribution < 1.29 is 4.74 Å². The molecule has 20 heavy (non-hydrogen) atoms. The Bertz CT molecular complexity index is 456. The lowest BCUT2D eigenvalue weighted by Crippen LogP contribution is -2.32. The lowest BCUT2D eigenvalue weighted by Gasteiger charge is -2.24. The van der Waals surface area contributed by atoms with Crippen molar-refractivity contribution in [2.75, 3.05) is 6.54 Å². The highest BCUT2D eigenvalue weighted by Gasteiger charge is 2.41. The van der Waals surface area contributed by atoms with Crippen molar-refractivity contribution in [1.29, 1.82) is 0 Å². The van der Waals surface area contributed by atoms with Crippen molar-refractivity contribution in [2.45, 2.75) is 63.2 Å². The van der Waals surface area contributed by atoms with E-state index in [2.05, 4.69) is 18.3 Å². The highest BCUT2D eigenvalue weighted by molar-refractivity contribution is 6.30. The summed E-state index contributed by atoms with van der Waals surface area (Å²) < 4.78 is 6.33. The molecule has 1 N–H and O–H groups in total. The largest absolute Gasteiger partial charge is 0.370 e. The summed E-state index contributed by atoms with van der Waals surface area (Å²) in [4.78, 5) is 0. The van der Waals surface area contributed by atoms with E-state index >= 15 is 0 Å². The zero-order valence-electron chi connectivity index (χ0n) is 12.2. The number of ether oxygens (including phenoxy) is 1. The van der Waals surface area contributed by atoms with Gasteiger partial charge in [-0.2, -0.15) is 0 Å². The van der Waals surface area contributed by atoms with Crippen molar-refractivity contribution in [3.63, 3.8) is 0 Å². The van der Waals surface area contributed by atoms with Gasteiger partial charge in [0.05, 0.1) is 11.7 Å². The van der Waals surface area contributed by atoms with Crippen molar-refractivity contribution >= 4 is 11.6 Å². The molecule has 0 amide bonds. The Morgan fingerprint density at radius 2 is 2.15 bits per heavy atom. The van der Waals surface area contributed by atoms with Crippen LogP contribution in [0.2, 0.25) is 5.02 Å². The van der Waals surface area contributed by atoms with Crippen LogP contribution in [0.4, 0.5) is 0 Å². The van der Waals surface area contributed by atoms with E-state index in [-0.39, 0.29) is 5.60 Å². The van der Waals surface area contributed by atoms with Crippen LogP contribution in [0.3, 0.4) is 0 Å². The SMILES string of the molecule is CC(NCC1CCC2(CCCC2)O1)c1cccc(Cl)c1. The first-order valence-electron chi connectivity index (χ1n) is 7.84. The van der Waals surface area contributed by atoms with Crippen LogP contribution in [0.5, 0.6) is 0 Å². The highest BCUT2D eigenvalue weighted by atomic mass is 35.5. The summed E-state index contributed by atoms with van der Waals surface area (Å²) in [6, 6.07) is 8.40. The second-order valence-electron chi connectivity index (χ2n) is 6.35. The molecule has 1 spiro atoms. The fourth-order valence-corrected chi connectivity index (χ4v) is 3.83. The van der Waals surface area contributed by atoms with E-state index in [1.165, 1.54) is 44.1 Å². The molecular formula is C17H24ClNO. The highest BCUT2D eigenvalue weighted by Crippen LogP contribution is 2.43. The summed E-state index contributed by atoms with van der Waals surface area (Å²) in [5, 5.41) is 4.39. The number of benzene rings is 1. The molecule has 1 saturated carbocycles. The van der Waals surface area contributed by atoms with Crippen LogP contribution in [0.25, 0.3) is 0 Å². The van der Waals surface area contributed by atoms with E-state index in [1.807, 2.05) is 18.2 Å². The molecule has 2 nitrogen and oxygen atoms in total.